The van der Waals surface area contributed by atoms with Crippen molar-refractivity contribution in [2.75, 3.05) is 19.2 Å². The summed E-state index contributed by atoms with van der Waals surface area (Å²) in [5.41, 5.74) is 4.77. The van der Waals surface area contributed by atoms with Crippen molar-refractivity contribution in [2.45, 2.75) is 26.8 Å². The van der Waals surface area contributed by atoms with E-state index in [1.807, 2.05) is 61.4 Å². The highest BCUT2D eigenvalue weighted by atomic mass is 16.5. The summed E-state index contributed by atoms with van der Waals surface area (Å²) in [6.07, 6.45) is 1.70. The van der Waals surface area contributed by atoms with E-state index in [4.69, 9.17) is 4.74 Å². The summed E-state index contributed by atoms with van der Waals surface area (Å²) in [4.78, 5) is 17.9. The van der Waals surface area contributed by atoms with Gasteiger partial charge in [-0.25, -0.2) is 15.0 Å². The van der Waals surface area contributed by atoms with Crippen LogP contribution in [-0.2, 0) is 0 Å². The third kappa shape index (κ3) is 2.60. The number of anilines is 1. The van der Waals surface area contributed by atoms with Crippen LogP contribution in [0.1, 0.15) is 40.3 Å². The number of amides is 1. The molecule has 0 saturated carbocycles. The van der Waals surface area contributed by atoms with Crippen molar-refractivity contribution in [2.24, 2.45) is 0 Å². The average Bonchev–Trinajstić information content (AvgIpc) is 2.98. The molecule has 0 bridgehead atoms. The van der Waals surface area contributed by atoms with Gasteiger partial charge in [-0.1, -0.05) is 12.1 Å². The van der Waals surface area contributed by atoms with E-state index in [0.717, 1.165) is 34.0 Å². The Hall–Kier alpha value is -3.12. The lowest BCUT2D eigenvalue weighted by Crippen LogP contribution is -2.50. The standard InChI is InChI=1S/C22H24N4O2/c1-14-20-15(2)25(17-9-8-10-18(13-17)28-5)16(3)21(20)22(27)26(24(14)4)19-11-6-7-12-23-19/h6-14H,1-5H3. The predicted octanol–water partition coefficient (Wildman–Crippen LogP) is 4.07. The van der Waals surface area contributed by atoms with Gasteiger partial charge in [0, 0.05) is 41.9 Å². The number of carbonyl (C=O) groups is 1. The first-order valence-corrected chi connectivity index (χ1v) is 9.30. The molecule has 2 aromatic heterocycles. The lowest BCUT2D eigenvalue weighted by atomic mass is 9.99. The third-order valence-electron chi connectivity index (χ3n) is 5.57. The molecule has 28 heavy (non-hydrogen) atoms. The first-order chi connectivity index (χ1) is 13.5. The van der Waals surface area contributed by atoms with E-state index in [-0.39, 0.29) is 11.9 Å². The number of nitrogens with zero attached hydrogens (tertiary/aromatic N) is 4. The predicted molar refractivity (Wildman–Crippen MR) is 109 cm³/mol. The van der Waals surface area contributed by atoms with Gasteiger partial charge in [0.25, 0.3) is 5.91 Å². The van der Waals surface area contributed by atoms with E-state index in [0.29, 0.717) is 5.82 Å². The van der Waals surface area contributed by atoms with Crippen molar-refractivity contribution in [3.8, 4) is 11.4 Å². The van der Waals surface area contributed by atoms with Crippen molar-refractivity contribution in [3.63, 3.8) is 0 Å². The van der Waals surface area contributed by atoms with Gasteiger partial charge in [0.1, 0.15) is 5.75 Å². The highest BCUT2D eigenvalue weighted by molar-refractivity contribution is 6.08. The fraction of sp³-hybridized carbons (Fsp3) is 0.273. The monoisotopic (exact) mass is 376 g/mol. The van der Waals surface area contributed by atoms with Crippen LogP contribution in [0.5, 0.6) is 5.75 Å². The Balaban J connectivity index is 1.91. The molecule has 1 amide bonds. The first-order valence-electron chi connectivity index (χ1n) is 9.30. The number of hydrogen-bond donors (Lipinski definition) is 0. The van der Waals surface area contributed by atoms with Crippen LogP contribution < -0.4 is 9.75 Å². The van der Waals surface area contributed by atoms with Crippen LogP contribution in [0, 0.1) is 13.8 Å². The zero-order chi connectivity index (χ0) is 20.0. The summed E-state index contributed by atoms with van der Waals surface area (Å²) < 4.78 is 7.52. The number of hydrazine groups is 1. The molecule has 0 radical (unpaired) electrons. The largest absolute Gasteiger partial charge is 0.497 e. The topological polar surface area (TPSA) is 50.6 Å². The second kappa shape index (κ2) is 6.80. The van der Waals surface area contributed by atoms with Gasteiger partial charge >= 0.3 is 0 Å². The van der Waals surface area contributed by atoms with Crippen molar-refractivity contribution in [1.29, 1.82) is 0 Å². The smallest absolute Gasteiger partial charge is 0.276 e. The quantitative estimate of drug-likeness (QED) is 0.692. The molecule has 6 nitrogen and oxygen atoms in total. The maximum atomic E-state index is 13.5. The van der Waals surface area contributed by atoms with Crippen LogP contribution in [0.15, 0.2) is 48.7 Å². The number of carbonyl (C=O) groups excluding carboxylic acids is 1. The SMILES string of the molecule is COc1cccc(-n2c(C)c3c(c2C)C(C)N(C)N(c2ccccn2)C3=O)c1. The van der Waals surface area contributed by atoms with E-state index in [9.17, 15) is 4.79 Å². The second-order valence-corrected chi connectivity index (χ2v) is 7.05. The van der Waals surface area contributed by atoms with Gasteiger partial charge in [-0.3, -0.25) is 4.79 Å². The van der Waals surface area contributed by atoms with Crippen LogP contribution in [0.3, 0.4) is 0 Å². The molecule has 1 unspecified atom stereocenters. The fourth-order valence-electron chi connectivity index (χ4n) is 4.13. The molecule has 3 aromatic rings. The zero-order valence-electron chi connectivity index (χ0n) is 16.8. The van der Waals surface area contributed by atoms with Gasteiger partial charge in [0.05, 0.1) is 18.7 Å². The van der Waals surface area contributed by atoms with Crippen LogP contribution in [0.4, 0.5) is 5.82 Å². The van der Waals surface area contributed by atoms with Crippen molar-refractivity contribution in [3.05, 3.63) is 71.2 Å². The first kappa shape index (κ1) is 18.3. The minimum absolute atomic E-state index is 0.0280. The number of aromatic nitrogens is 2. The Kier molecular flexibility index (Phi) is 4.43. The van der Waals surface area contributed by atoms with Crippen LogP contribution in [-0.4, -0.2) is 34.6 Å². The molecule has 1 atom stereocenters. The van der Waals surface area contributed by atoms with Crippen LogP contribution in [0.25, 0.3) is 5.69 Å². The highest BCUT2D eigenvalue weighted by Gasteiger charge is 2.40. The number of fused-ring (bicyclic) bond motifs is 1. The van der Waals surface area contributed by atoms with Gasteiger partial charge in [0.15, 0.2) is 5.82 Å². The van der Waals surface area contributed by atoms with Crippen molar-refractivity contribution < 1.29 is 9.53 Å². The molecule has 144 valence electrons. The van der Waals surface area contributed by atoms with Crippen LogP contribution in [0.2, 0.25) is 0 Å². The molecule has 0 aliphatic carbocycles. The number of pyridine rings is 1. The Bertz CT molecular complexity index is 1040. The maximum Gasteiger partial charge on any atom is 0.276 e. The second-order valence-electron chi connectivity index (χ2n) is 7.05. The summed E-state index contributed by atoms with van der Waals surface area (Å²) in [7, 11) is 3.59. The fourth-order valence-corrected chi connectivity index (χ4v) is 4.13. The summed E-state index contributed by atoms with van der Waals surface area (Å²) in [5.74, 6) is 1.35. The molecule has 1 aromatic carbocycles. The number of ether oxygens (including phenoxy) is 1. The molecule has 0 fully saturated rings. The summed E-state index contributed by atoms with van der Waals surface area (Å²) >= 11 is 0. The van der Waals surface area contributed by atoms with Gasteiger partial charge < -0.3 is 9.30 Å². The lowest BCUT2D eigenvalue weighted by Gasteiger charge is -2.39. The van der Waals surface area contributed by atoms with Crippen molar-refractivity contribution in [1.82, 2.24) is 14.6 Å². The summed E-state index contributed by atoms with van der Waals surface area (Å²) in [6.45, 7) is 6.18. The van der Waals surface area contributed by atoms with Gasteiger partial charge in [-0.05, 0) is 45.0 Å². The molecular weight excluding hydrogens is 352 g/mol. The minimum atomic E-state index is -0.0588. The Morgan fingerprint density at radius 3 is 2.54 bits per heavy atom. The van der Waals surface area contributed by atoms with E-state index >= 15 is 0 Å². The molecule has 3 heterocycles. The lowest BCUT2D eigenvalue weighted by molar-refractivity contribution is 0.0848. The third-order valence-corrected chi connectivity index (χ3v) is 5.57. The molecule has 0 N–H and O–H groups in total. The molecule has 1 aliphatic heterocycles. The Morgan fingerprint density at radius 1 is 1.07 bits per heavy atom. The van der Waals surface area contributed by atoms with Crippen molar-refractivity contribution >= 4 is 11.7 Å². The number of methoxy groups -OCH3 is 1. The number of hydrogen-bond acceptors (Lipinski definition) is 4. The molecule has 4 rings (SSSR count). The zero-order valence-corrected chi connectivity index (χ0v) is 16.8. The molecule has 6 heteroatoms. The van der Waals surface area contributed by atoms with E-state index in [1.54, 1.807) is 18.3 Å². The van der Waals surface area contributed by atoms with Gasteiger partial charge in [0.2, 0.25) is 0 Å². The summed E-state index contributed by atoms with van der Waals surface area (Å²) in [5, 5.41) is 3.62. The Morgan fingerprint density at radius 2 is 1.86 bits per heavy atom. The Labute approximate surface area is 164 Å². The van der Waals surface area contributed by atoms with E-state index in [2.05, 4.69) is 23.4 Å². The van der Waals surface area contributed by atoms with Gasteiger partial charge in [-0.2, -0.15) is 0 Å². The normalized spacial score (nSPS) is 17.0. The molecule has 0 saturated heterocycles. The van der Waals surface area contributed by atoms with Crippen LogP contribution >= 0.6 is 0 Å². The molecule has 0 spiro atoms. The summed E-state index contributed by atoms with van der Waals surface area (Å²) in [6, 6.07) is 13.5. The molecule has 1 aliphatic rings. The molecular formula is C22H24N4O2. The van der Waals surface area contributed by atoms with Gasteiger partial charge in [-0.15, -0.1) is 0 Å². The average molecular weight is 376 g/mol. The maximum absolute atomic E-state index is 13.5. The highest BCUT2D eigenvalue weighted by Crippen LogP contribution is 2.39. The number of rotatable bonds is 3. The minimum Gasteiger partial charge on any atom is -0.497 e. The van der Waals surface area contributed by atoms with E-state index in [1.165, 1.54) is 0 Å². The number of benzene rings is 1. The van der Waals surface area contributed by atoms with E-state index < -0.39 is 0 Å².